The van der Waals surface area contributed by atoms with Gasteiger partial charge in [-0.2, -0.15) is 0 Å². The summed E-state index contributed by atoms with van der Waals surface area (Å²) < 4.78 is 23.9. The van der Waals surface area contributed by atoms with Crippen LogP contribution in [0.5, 0.6) is 11.5 Å². The van der Waals surface area contributed by atoms with Gasteiger partial charge in [-0.1, -0.05) is 30.3 Å². The molecule has 3 rings (SSSR count). The van der Waals surface area contributed by atoms with Gasteiger partial charge in [0.25, 0.3) is 0 Å². The molecule has 2 atom stereocenters. The smallest absolute Gasteiger partial charge is 0.191 e. The van der Waals surface area contributed by atoms with E-state index in [9.17, 15) is 4.21 Å². The van der Waals surface area contributed by atoms with Crippen LogP contribution in [-0.2, 0) is 10.8 Å². The van der Waals surface area contributed by atoms with Crippen LogP contribution >= 0.6 is 0 Å². The first-order valence-electron chi connectivity index (χ1n) is 9.10. The molecular formula is C20H25N3O3S. The largest absolute Gasteiger partial charge is 0.486 e. The molecule has 144 valence electrons. The summed E-state index contributed by atoms with van der Waals surface area (Å²) in [6, 6.07) is 17.1. The van der Waals surface area contributed by atoms with Crippen molar-refractivity contribution >= 4 is 16.8 Å². The predicted octanol–water partition coefficient (Wildman–Crippen LogP) is 2.19. The van der Waals surface area contributed by atoms with Crippen molar-refractivity contribution in [3.63, 3.8) is 0 Å². The van der Waals surface area contributed by atoms with E-state index in [4.69, 9.17) is 9.47 Å². The fraction of sp³-hybridized carbons (Fsp3) is 0.350. The van der Waals surface area contributed by atoms with Gasteiger partial charge in [0, 0.05) is 23.7 Å². The summed E-state index contributed by atoms with van der Waals surface area (Å²) in [5, 5.41) is 6.43. The SMILES string of the molecule is CCNC(=NCC1COc2ccccc2O1)NCCS(=O)c1ccccc1. The third-order valence-corrected chi connectivity index (χ3v) is 5.32. The second kappa shape index (κ2) is 9.97. The number of benzene rings is 2. The maximum atomic E-state index is 12.3. The van der Waals surface area contributed by atoms with E-state index in [-0.39, 0.29) is 6.10 Å². The number of rotatable bonds is 7. The summed E-state index contributed by atoms with van der Waals surface area (Å²) in [6.07, 6.45) is -0.131. The zero-order valence-electron chi connectivity index (χ0n) is 15.4. The number of ether oxygens (including phenoxy) is 2. The Bertz CT molecular complexity index is 783. The lowest BCUT2D eigenvalue weighted by atomic mass is 10.2. The molecule has 0 spiro atoms. The molecule has 6 nitrogen and oxygen atoms in total. The van der Waals surface area contributed by atoms with Crippen molar-refractivity contribution in [2.45, 2.75) is 17.9 Å². The number of hydrogen-bond donors (Lipinski definition) is 2. The van der Waals surface area contributed by atoms with Gasteiger partial charge in [0.15, 0.2) is 23.6 Å². The first kappa shape index (κ1) is 19.2. The molecule has 1 aliphatic heterocycles. The molecule has 2 aromatic carbocycles. The molecule has 0 amide bonds. The summed E-state index contributed by atoms with van der Waals surface area (Å²) >= 11 is 0. The average molecular weight is 388 g/mol. The molecule has 7 heteroatoms. The van der Waals surface area contributed by atoms with E-state index in [2.05, 4.69) is 15.6 Å². The van der Waals surface area contributed by atoms with Gasteiger partial charge in [-0.15, -0.1) is 0 Å². The van der Waals surface area contributed by atoms with E-state index in [1.165, 1.54) is 0 Å². The first-order valence-corrected chi connectivity index (χ1v) is 10.4. The highest BCUT2D eigenvalue weighted by molar-refractivity contribution is 7.85. The number of nitrogens with one attached hydrogen (secondary N) is 2. The number of hydrogen-bond acceptors (Lipinski definition) is 4. The van der Waals surface area contributed by atoms with E-state index < -0.39 is 10.8 Å². The average Bonchev–Trinajstić information content (AvgIpc) is 2.72. The van der Waals surface area contributed by atoms with Crippen molar-refractivity contribution in [3.05, 3.63) is 54.6 Å². The van der Waals surface area contributed by atoms with Crippen LogP contribution in [0.15, 0.2) is 64.5 Å². The van der Waals surface area contributed by atoms with Gasteiger partial charge in [0.2, 0.25) is 0 Å². The molecule has 0 radical (unpaired) electrons. The lowest BCUT2D eigenvalue weighted by molar-refractivity contribution is 0.0971. The highest BCUT2D eigenvalue weighted by Gasteiger charge is 2.20. The highest BCUT2D eigenvalue weighted by Crippen LogP contribution is 2.30. The molecular weight excluding hydrogens is 362 g/mol. The number of fused-ring (bicyclic) bond motifs is 1. The molecule has 27 heavy (non-hydrogen) atoms. The van der Waals surface area contributed by atoms with Gasteiger partial charge in [-0.3, -0.25) is 4.21 Å². The van der Waals surface area contributed by atoms with Gasteiger partial charge in [-0.05, 0) is 31.2 Å². The van der Waals surface area contributed by atoms with E-state index in [1.807, 2.05) is 61.5 Å². The molecule has 0 fully saturated rings. The van der Waals surface area contributed by atoms with Crippen molar-refractivity contribution in [1.82, 2.24) is 10.6 Å². The molecule has 1 aliphatic rings. The molecule has 2 aromatic rings. The van der Waals surface area contributed by atoms with Crippen LogP contribution in [0.4, 0.5) is 0 Å². The van der Waals surface area contributed by atoms with Crippen LogP contribution in [0.3, 0.4) is 0 Å². The Morgan fingerprint density at radius 3 is 2.63 bits per heavy atom. The summed E-state index contributed by atoms with van der Waals surface area (Å²) in [5.41, 5.74) is 0. The first-order chi connectivity index (χ1) is 13.3. The van der Waals surface area contributed by atoms with Crippen molar-refractivity contribution in [1.29, 1.82) is 0 Å². The van der Waals surface area contributed by atoms with Gasteiger partial charge >= 0.3 is 0 Å². The molecule has 0 saturated carbocycles. The molecule has 1 heterocycles. The van der Waals surface area contributed by atoms with Crippen LogP contribution in [0, 0.1) is 0 Å². The molecule has 0 aliphatic carbocycles. The Morgan fingerprint density at radius 1 is 1.11 bits per heavy atom. The Hall–Kier alpha value is -2.54. The van der Waals surface area contributed by atoms with Gasteiger partial charge in [-0.25, -0.2) is 4.99 Å². The van der Waals surface area contributed by atoms with Gasteiger partial charge in [0.1, 0.15) is 6.61 Å². The van der Waals surface area contributed by atoms with Crippen molar-refractivity contribution in [3.8, 4) is 11.5 Å². The zero-order valence-corrected chi connectivity index (χ0v) is 16.2. The van der Waals surface area contributed by atoms with Crippen molar-refractivity contribution in [2.75, 3.05) is 32.0 Å². The summed E-state index contributed by atoms with van der Waals surface area (Å²) in [6.45, 7) is 4.27. The minimum absolute atomic E-state index is 0.131. The number of guanidine groups is 1. The third kappa shape index (κ3) is 5.72. The Kier molecular flexibility index (Phi) is 7.10. The Morgan fingerprint density at radius 2 is 1.85 bits per heavy atom. The standard InChI is InChI=1S/C20H25N3O3S/c1-2-21-20(22-12-13-27(24)17-8-4-3-5-9-17)23-14-16-15-25-18-10-6-7-11-19(18)26-16/h3-11,16H,2,12-15H2,1H3,(H2,21,22,23). The molecule has 0 saturated heterocycles. The minimum Gasteiger partial charge on any atom is -0.486 e. The number of nitrogens with zero attached hydrogens (tertiary/aromatic N) is 1. The number of para-hydroxylation sites is 2. The fourth-order valence-electron chi connectivity index (χ4n) is 2.64. The van der Waals surface area contributed by atoms with Gasteiger partial charge < -0.3 is 20.1 Å². The molecule has 2 unspecified atom stereocenters. The van der Waals surface area contributed by atoms with Crippen LogP contribution in [0.25, 0.3) is 0 Å². The number of aliphatic imine (C=N–C) groups is 1. The van der Waals surface area contributed by atoms with Crippen molar-refractivity contribution < 1.29 is 13.7 Å². The molecule has 0 aromatic heterocycles. The molecule has 2 N–H and O–H groups in total. The van der Waals surface area contributed by atoms with E-state index in [0.29, 0.717) is 31.4 Å². The molecule has 0 bridgehead atoms. The quantitative estimate of drug-likeness (QED) is 0.563. The van der Waals surface area contributed by atoms with Crippen LogP contribution < -0.4 is 20.1 Å². The highest BCUT2D eigenvalue weighted by atomic mass is 32.2. The summed E-state index contributed by atoms with van der Waals surface area (Å²) in [7, 11) is -1.03. The maximum Gasteiger partial charge on any atom is 0.191 e. The minimum atomic E-state index is -1.03. The Balaban J connectivity index is 1.49. The van der Waals surface area contributed by atoms with Crippen molar-refractivity contribution in [2.24, 2.45) is 4.99 Å². The van der Waals surface area contributed by atoms with Crippen LogP contribution in [-0.4, -0.2) is 48.3 Å². The maximum absolute atomic E-state index is 12.3. The van der Waals surface area contributed by atoms with E-state index >= 15 is 0 Å². The zero-order chi connectivity index (χ0) is 18.9. The summed E-state index contributed by atoms with van der Waals surface area (Å²) in [5.74, 6) is 2.72. The van der Waals surface area contributed by atoms with E-state index in [1.54, 1.807) is 0 Å². The Labute approximate surface area is 162 Å². The predicted molar refractivity (Wildman–Crippen MR) is 108 cm³/mol. The third-order valence-electron chi connectivity index (χ3n) is 3.95. The van der Waals surface area contributed by atoms with Crippen LogP contribution in [0.2, 0.25) is 0 Å². The topological polar surface area (TPSA) is 72.0 Å². The van der Waals surface area contributed by atoms with Crippen LogP contribution in [0.1, 0.15) is 6.92 Å². The normalized spacial score (nSPS) is 17.2. The lowest BCUT2D eigenvalue weighted by Crippen LogP contribution is -2.40. The second-order valence-electron chi connectivity index (χ2n) is 6.01. The monoisotopic (exact) mass is 387 g/mol. The summed E-state index contributed by atoms with van der Waals surface area (Å²) in [4.78, 5) is 5.41. The lowest BCUT2D eigenvalue weighted by Gasteiger charge is -2.25. The second-order valence-corrected chi connectivity index (χ2v) is 7.58. The van der Waals surface area contributed by atoms with E-state index in [0.717, 1.165) is 22.9 Å². The fourth-order valence-corrected chi connectivity index (χ4v) is 3.62. The van der Waals surface area contributed by atoms with Gasteiger partial charge in [0.05, 0.1) is 17.3 Å².